The van der Waals surface area contributed by atoms with E-state index in [1.165, 1.54) is 15.8 Å². The number of hydrogen-bond donors (Lipinski definition) is 1. The van der Waals surface area contributed by atoms with Crippen LogP contribution in [0.5, 0.6) is 0 Å². The van der Waals surface area contributed by atoms with E-state index in [9.17, 15) is 4.39 Å². The Morgan fingerprint density at radius 2 is 2.21 bits per heavy atom. The zero-order valence-corrected chi connectivity index (χ0v) is 12.7. The van der Waals surface area contributed by atoms with Crippen LogP contribution in [0.3, 0.4) is 0 Å². The number of nitrogens with one attached hydrogen (secondary N) is 1. The minimum Gasteiger partial charge on any atom is -0.376 e. The number of anilines is 1. The highest BCUT2D eigenvalue weighted by molar-refractivity contribution is 8.01. The van der Waals surface area contributed by atoms with E-state index in [2.05, 4.69) is 23.7 Å². The first-order chi connectivity index (χ1) is 9.13. The van der Waals surface area contributed by atoms with Crippen molar-refractivity contribution in [1.29, 1.82) is 0 Å². The van der Waals surface area contributed by atoms with Crippen molar-refractivity contribution >= 4 is 40.4 Å². The first-order valence-electron chi connectivity index (χ1n) is 6.09. The molecule has 1 aromatic carbocycles. The van der Waals surface area contributed by atoms with Crippen LogP contribution in [0.4, 0.5) is 10.1 Å². The Balaban J connectivity index is 1.88. The van der Waals surface area contributed by atoms with Crippen LogP contribution in [0.25, 0.3) is 0 Å². The van der Waals surface area contributed by atoms with Crippen LogP contribution in [-0.4, -0.2) is 5.25 Å². The van der Waals surface area contributed by atoms with Gasteiger partial charge in [0.2, 0.25) is 0 Å². The van der Waals surface area contributed by atoms with Crippen LogP contribution in [0.15, 0.2) is 33.9 Å². The highest BCUT2D eigenvalue weighted by atomic mass is 35.5. The SMILES string of the molecule is C[C@H]1CC(Nc2ccc(Cl)cc2F)c2ccsc2S1. The summed E-state index contributed by atoms with van der Waals surface area (Å²) in [4.78, 5) is 0. The average Bonchev–Trinajstić information content (AvgIpc) is 2.80. The molecule has 0 saturated heterocycles. The third-order valence-corrected chi connectivity index (χ3v) is 5.75. The molecule has 2 heterocycles. The van der Waals surface area contributed by atoms with E-state index in [0.717, 1.165) is 6.42 Å². The van der Waals surface area contributed by atoms with Gasteiger partial charge in [0.05, 0.1) is 15.9 Å². The molecule has 3 rings (SSSR count). The monoisotopic (exact) mass is 313 g/mol. The lowest BCUT2D eigenvalue weighted by Gasteiger charge is -2.28. The Morgan fingerprint density at radius 3 is 3.00 bits per heavy atom. The van der Waals surface area contributed by atoms with Gasteiger partial charge >= 0.3 is 0 Å². The highest BCUT2D eigenvalue weighted by Crippen LogP contribution is 2.45. The van der Waals surface area contributed by atoms with Gasteiger partial charge in [-0.3, -0.25) is 0 Å². The molecule has 0 bridgehead atoms. The molecular formula is C14H13ClFNS2. The molecule has 1 aliphatic rings. The number of fused-ring (bicyclic) bond motifs is 1. The maximum Gasteiger partial charge on any atom is 0.147 e. The van der Waals surface area contributed by atoms with Gasteiger partial charge in [-0.25, -0.2) is 4.39 Å². The van der Waals surface area contributed by atoms with Crippen LogP contribution in [0, 0.1) is 5.82 Å². The maximum absolute atomic E-state index is 13.9. The summed E-state index contributed by atoms with van der Waals surface area (Å²) in [5, 5.41) is 6.37. The Kier molecular flexibility index (Phi) is 3.74. The lowest BCUT2D eigenvalue weighted by Crippen LogP contribution is -2.19. The van der Waals surface area contributed by atoms with Crippen molar-refractivity contribution in [3.63, 3.8) is 0 Å². The smallest absolute Gasteiger partial charge is 0.147 e. The molecule has 0 amide bonds. The molecule has 1 unspecified atom stereocenters. The lowest BCUT2D eigenvalue weighted by molar-refractivity contribution is 0.616. The predicted molar refractivity (Wildman–Crippen MR) is 82.0 cm³/mol. The lowest BCUT2D eigenvalue weighted by atomic mass is 10.0. The van der Waals surface area contributed by atoms with Gasteiger partial charge < -0.3 is 5.32 Å². The predicted octanol–water partition coefficient (Wildman–Crippen LogP) is 5.58. The largest absolute Gasteiger partial charge is 0.376 e. The number of benzene rings is 1. The fourth-order valence-electron chi connectivity index (χ4n) is 2.28. The fourth-order valence-corrected chi connectivity index (χ4v) is 5.01. The molecule has 0 fully saturated rings. The number of thiophene rings is 1. The van der Waals surface area contributed by atoms with E-state index in [4.69, 9.17) is 11.6 Å². The van der Waals surface area contributed by atoms with Gasteiger partial charge in [-0.05, 0) is 41.6 Å². The van der Waals surface area contributed by atoms with Gasteiger partial charge in [-0.2, -0.15) is 0 Å². The minimum absolute atomic E-state index is 0.174. The van der Waals surface area contributed by atoms with Gasteiger partial charge in [0.25, 0.3) is 0 Å². The van der Waals surface area contributed by atoms with Crippen molar-refractivity contribution in [2.75, 3.05) is 5.32 Å². The third kappa shape index (κ3) is 2.76. The normalized spacial score (nSPS) is 22.1. The first kappa shape index (κ1) is 13.3. The van der Waals surface area contributed by atoms with Crippen molar-refractivity contribution in [1.82, 2.24) is 0 Å². The first-order valence-corrected chi connectivity index (χ1v) is 8.23. The summed E-state index contributed by atoms with van der Waals surface area (Å²) < 4.78 is 15.2. The highest BCUT2D eigenvalue weighted by Gasteiger charge is 2.26. The van der Waals surface area contributed by atoms with Gasteiger partial charge in [-0.15, -0.1) is 23.1 Å². The van der Waals surface area contributed by atoms with Crippen molar-refractivity contribution < 1.29 is 4.39 Å². The molecular weight excluding hydrogens is 301 g/mol. The summed E-state index contributed by atoms with van der Waals surface area (Å²) in [6, 6.07) is 7.07. The van der Waals surface area contributed by atoms with Crippen LogP contribution < -0.4 is 5.32 Å². The number of thioether (sulfide) groups is 1. The molecule has 1 N–H and O–H groups in total. The van der Waals surface area contributed by atoms with Crippen molar-refractivity contribution in [2.45, 2.75) is 28.8 Å². The van der Waals surface area contributed by atoms with Crippen molar-refractivity contribution in [3.8, 4) is 0 Å². The van der Waals surface area contributed by atoms with E-state index in [1.54, 1.807) is 23.5 Å². The fraction of sp³-hybridized carbons (Fsp3) is 0.286. The standard InChI is InChI=1S/C14H13ClFNS2/c1-8-6-13(10-4-5-18-14(10)19-8)17-12-3-2-9(15)7-11(12)16/h2-5,7-8,13,17H,6H2,1H3/t8-,13?/m0/s1. The molecule has 1 aromatic heterocycles. The molecule has 1 nitrogen and oxygen atoms in total. The summed E-state index contributed by atoms with van der Waals surface area (Å²) in [5.74, 6) is -0.296. The zero-order valence-electron chi connectivity index (χ0n) is 10.3. The summed E-state index contributed by atoms with van der Waals surface area (Å²) in [7, 11) is 0. The third-order valence-electron chi connectivity index (χ3n) is 3.17. The molecule has 5 heteroatoms. The van der Waals surface area contributed by atoms with Crippen molar-refractivity contribution in [3.05, 3.63) is 46.0 Å². The molecule has 0 spiro atoms. The second-order valence-electron chi connectivity index (χ2n) is 4.65. The van der Waals surface area contributed by atoms with Gasteiger partial charge in [-0.1, -0.05) is 18.5 Å². The number of halogens is 2. The van der Waals surface area contributed by atoms with Crippen LogP contribution in [0.1, 0.15) is 24.9 Å². The average molecular weight is 314 g/mol. The quantitative estimate of drug-likeness (QED) is 0.777. The summed E-state index contributed by atoms with van der Waals surface area (Å²) in [6.45, 7) is 2.21. The molecule has 2 atom stereocenters. The van der Waals surface area contributed by atoms with E-state index < -0.39 is 0 Å². The minimum atomic E-state index is -0.296. The Labute approximate surface area is 125 Å². The Hall–Kier alpha value is -0.710. The second kappa shape index (κ2) is 5.35. The number of rotatable bonds is 2. The maximum atomic E-state index is 13.9. The summed E-state index contributed by atoms with van der Waals surface area (Å²) in [5.41, 5.74) is 1.80. The molecule has 0 aliphatic carbocycles. The second-order valence-corrected chi connectivity index (χ2v) is 7.71. The van der Waals surface area contributed by atoms with Crippen LogP contribution >= 0.6 is 34.7 Å². The van der Waals surface area contributed by atoms with E-state index in [-0.39, 0.29) is 11.9 Å². The van der Waals surface area contributed by atoms with Gasteiger partial charge in [0.15, 0.2) is 0 Å². The van der Waals surface area contributed by atoms with Gasteiger partial charge in [0.1, 0.15) is 5.82 Å². The summed E-state index contributed by atoms with van der Waals surface area (Å²) in [6.07, 6.45) is 0.996. The molecule has 1 aliphatic heterocycles. The van der Waals surface area contributed by atoms with Gasteiger partial charge in [0, 0.05) is 10.3 Å². The zero-order chi connectivity index (χ0) is 13.4. The Bertz CT molecular complexity index is 599. The molecule has 2 aromatic rings. The van der Waals surface area contributed by atoms with E-state index in [1.807, 2.05) is 11.8 Å². The van der Waals surface area contributed by atoms with E-state index >= 15 is 0 Å². The molecule has 100 valence electrons. The topological polar surface area (TPSA) is 12.0 Å². The molecule has 0 radical (unpaired) electrons. The van der Waals surface area contributed by atoms with Crippen molar-refractivity contribution in [2.24, 2.45) is 0 Å². The van der Waals surface area contributed by atoms with Crippen LogP contribution in [0.2, 0.25) is 5.02 Å². The number of hydrogen-bond acceptors (Lipinski definition) is 3. The molecule has 19 heavy (non-hydrogen) atoms. The Morgan fingerprint density at radius 1 is 1.37 bits per heavy atom. The summed E-state index contributed by atoms with van der Waals surface area (Å²) >= 11 is 9.44. The van der Waals surface area contributed by atoms with Crippen LogP contribution in [-0.2, 0) is 0 Å². The van der Waals surface area contributed by atoms with E-state index in [0.29, 0.717) is 16.0 Å². The molecule has 0 saturated carbocycles.